The summed E-state index contributed by atoms with van der Waals surface area (Å²) in [5, 5.41) is 12.4. The highest BCUT2D eigenvalue weighted by molar-refractivity contribution is 4.63. The minimum absolute atomic E-state index is 0.118. The Balaban J connectivity index is 3.27. The van der Waals surface area contributed by atoms with Crippen LogP contribution in [0.4, 0.5) is 0 Å². The normalized spacial score (nSPS) is 16.8. The molecule has 2 heteroatoms. The van der Waals surface area contributed by atoms with Crippen LogP contribution < -0.4 is 5.32 Å². The predicted octanol–water partition coefficient (Wildman–Crippen LogP) is 1.15. The van der Waals surface area contributed by atoms with Gasteiger partial charge in [-0.15, -0.1) is 0 Å². The molecule has 0 aliphatic carbocycles. The van der Waals surface area contributed by atoms with Gasteiger partial charge in [0.1, 0.15) is 0 Å². The van der Waals surface area contributed by atoms with Crippen molar-refractivity contribution in [2.24, 2.45) is 0 Å². The van der Waals surface area contributed by atoms with Crippen LogP contribution in [0.25, 0.3) is 0 Å². The van der Waals surface area contributed by atoms with Crippen LogP contribution in [0.3, 0.4) is 0 Å². The summed E-state index contributed by atoms with van der Waals surface area (Å²) in [5.74, 6) is 0. The van der Waals surface area contributed by atoms with E-state index in [4.69, 9.17) is 0 Å². The first-order valence-corrected chi connectivity index (χ1v) is 4.06. The van der Waals surface area contributed by atoms with Crippen molar-refractivity contribution in [3.63, 3.8) is 0 Å². The van der Waals surface area contributed by atoms with Crippen LogP contribution in [-0.2, 0) is 0 Å². The summed E-state index contributed by atoms with van der Waals surface area (Å²) in [5.41, 5.74) is 0. The molecule has 10 heavy (non-hydrogen) atoms. The number of hydrogen-bond acceptors (Lipinski definition) is 2. The van der Waals surface area contributed by atoms with Gasteiger partial charge in [0.25, 0.3) is 0 Å². The lowest BCUT2D eigenvalue weighted by Crippen LogP contribution is -2.26. The fraction of sp³-hybridized carbons (Fsp3) is 1.00. The van der Waals surface area contributed by atoms with E-state index in [1.807, 2.05) is 7.05 Å². The van der Waals surface area contributed by atoms with E-state index < -0.39 is 0 Å². The quantitative estimate of drug-likeness (QED) is 0.608. The van der Waals surface area contributed by atoms with Crippen LogP contribution >= 0.6 is 0 Å². The Kier molecular flexibility index (Phi) is 5.64. The molecule has 0 amide bonds. The molecule has 2 atom stereocenters. The summed E-state index contributed by atoms with van der Waals surface area (Å²) in [7, 11) is 1.92. The molecule has 2 nitrogen and oxygen atoms in total. The van der Waals surface area contributed by atoms with Crippen LogP contribution in [0.2, 0.25) is 0 Å². The molecule has 0 aromatic heterocycles. The van der Waals surface area contributed by atoms with E-state index in [1.165, 1.54) is 0 Å². The van der Waals surface area contributed by atoms with E-state index in [1.54, 1.807) is 0 Å². The molecule has 0 spiro atoms. The third-order valence-corrected chi connectivity index (χ3v) is 1.74. The molecule has 0 aromatic rings. The fourth-order valence-corrected chi connectivity index (χ4v) is 0.977. The Morgan fingerprint density at radius 3 is 2.50 bits per heavy atom. The average molecular weight is 145 g/mol. The minimum Gasteiger partial charge on any atom is -0.393 e. The number of aliphatic hydroxyl groups is 1. The van der Waals surface area contributed by atoms with Crippen LogP contribution in [0.15, 0.2) is 0 Å². The maximum atomic E-state index is 9.31. The predicted molar refractivity (Wildman–Crippen MR) is 44.1 cm³/mol. The molecule has 0 fully saturated rings. The van der Waals surface area contributed by atoms with E-state index in [9.17, 15) is 5.11 Å². The first kappa shape index (κ1) is 9.92. The van der Waals surface area contributed by atoms with Crippen molar-refractivity contribution in [2.75, 3.05) is 7.05 Å². The molecule has 0 saturated carbocycles. The molecule has 0 heterocycles. The van der Waals surface area contributed by atoms with Crippen molar-refractivity contribution < 1.29 is 5.11 Å². The molecular formula is C8H19NO. The number of rotatable bonds is 5. The zero-order valence-electron chi connectivity index (χ0n) is 7.22. The fourth-order valence-electron chi connectivity index (χ4n) is 0.977. The van der Waals surface area contributed by atoms with Gasteiger partial charge in [0, 0.05) is 6.04 Å². The molecule has 0 rings (SSSR count). The Morgan fingerprint density at radius 1 is 1.50 bits per heavy atom. The first-order valence-electron chi connectivity index (χ1n) is 4.06. The molecular weight excluding hydrogens is 126 g/mol. The molecule has 0 radical (unpaired) electrons. The summed E-state index contributed by atoms with van der Waals surface area (Å²) in [6.45, 7) is 4.17. The third kappa shape index (κ3) is 4.77. The Morgan fingerprint density at radius 2 is 2.10 bits per heavy atom. The van der Waals surface area contributed by atoms with E-state index in [2.05, 4.69) is 19.2 Å². The highest BCUT2D eigenvalue weighted by Gasteiger charge is 2.06. The SMILES string of the molecule is CCCC(O)CC(C)NC. The van der Waals surface area contributed by atoms with Gasteiger partial charge in [-0.05, 0) is 26.8 Å². The van der Waals surface area contributed by atoms with Crippen LogP contribution in [-0.4, -0.2) is 24.3 Å². The van der Waals surface area contributed by atoms with Gasteiger partial charge in [-0.3, -0.25) is 0 Å². The van der Waals surface area contributed by atoms with Crippen LogP contribution in [0.1, 0.15) is 33.1 Å². The average Bonchev–Trinajstić information content (AvgIpc) is 1.88. The summed E-state index contributed by atoms with van der Waals surface area (Å²) in [6.07, 6.45) is 2.74. The summed E-state index contributed by atoms with van der Waals surface area (Å²) in [6, 6.07) is 0.432. The molecule has 0 aliphatic rings. The van der Waals surface area contributed by atoms with Crippen molar-refractivity contribution >= 4 is 0 Å². The lowest BCUT2D eigenvalue weighted by molar-refractivity contribution is 0.143. The number of hydrogen-bond donors (Lipinski definition) is 2. The molecule has 0 aliphatic heterocycles. The van der Waals surface area contributed by atoms with Gasteiger partial charge in [0.05, 0.1) is 6.10 Å². The molecule has 2 N–H and O–H groups in total. The van der Waals surface area contributed by atoms with Gasteiger partial charge >= 0.3 is 0 Å². The lowest BCUT2D eigenvalue weighted by Gasteiger charge is -2.14. The largest absolute Gasteiger partial charge is 0.393 e. The van der Waals surface area contributed by atoms with E-state index in [-0.39, 0.29) is 6.10 Å². The van der Waals surface area contributed by atoms with Crippen molar-refractivity contribution in [3.05, 3.63) is 0 Å². The van der Waals surface area contributed by atoms with Crippen LogP contribution in [0, 0.1) is 0 Å². The van der Waals surface area contributed by atoms with Crippen molar-refractivity contribution in [1.29, 1.82) is 0 Å². The zero-order chi connectivity index (χ0) is 7.98. The zero-order valence-corrected chi connectivity index (χ0v) is 7.22. The maximum absolute atomic E-state index is 9.31. The van der Waals surface area contributed by atoms with Gasteiger partial charge < -0.3 is 10.4 Å². The molecule has 62 valence electrons. The van der Waals surface area contributed by atoms with Gasteiger partial charge in [-0.25, -0.2) is 0 Å². The van der Waals surface area contributed by atoms with Crippen LogP contribution in [0.5, 0.6) is 0 Å². The molecule has 0 saturated heterocycles. The maximum Gasteiger partial charge on any atom is 0.0554 e. The number of aliphatic hydroxyl groups excluding tert-OH is 1. The van der Waals surface area contributed by atoms with Crippen molar-refractivity contribution in [1.82, 2.24) is 5.32 Å². The topological polar surface area (TPSA) is 32.3 Å². The van der Waals surface area contributed by atoms with Crippen molar-refractivity contribution in [2.45, 2.75) is 45.3 Å². The molecule has 2 unspecified atom stereocenters. The van der Waals surface area contributed by atoms with E-state index in [0.29, 0.717) is 6.04 Å². The van der Waals surface area contributed by atoms with E-state index in [0.717, 1.165) is 19.3 Å². The monoisotopic (exact) mass is 145 g/mol. The summed E-state index contributed by atoms with van der Waals surface area (Å²) in [4.78, 5) is 0. The summed E-state index contributed by atoms with van der Waals surface area (Å²) >= 11 is 0. The molecule has 0 aromatic carbocycles. The third-order valence-electron chi connectivity index (χ3n) is 1.74. The Hall–Kier alpha value is -0.0800. The summed E-state index contributed by atoms with van der Waals surface area (Å²) < 4.78 is 0. The van der Waals surface area contributed by atoms with Gasteiger partial charge in [0.15, 0.2) is 0 Å². The standard InChI is InChI=1S/C8H19NO/c1-4-5-8(10)6-7(2)9-3/h7-10H,4-6H2,1-3H3. The van der Waals surface area contributed by atoms with Gasteiger partial charge in [0.2, 0.25) is 0 Å². The van der Waals surface area contributed by atoms with E-state index >= 15 is 0 Å². The number of nitrogens with one attached hydrogen (secondary N) is 1. The highest BCUT2D eigenvalue weighted by Crippen LogP contribution is 2.03. The second-order valence-corrected chi connectivity index (χ2v) is 2.87. The van der Waals surface area contributed by atoms with Crippen molar-refractivity contribution in [3.8, 4) is 0 Å². The lowest BCUT2D eigenvalue weighted by atomic mass is 10.1. The Labute approximate surface area is 63.6 Å². The second-order valence-electron chi connectivity index (χ2n) is 2.87. The smallest absolute Gasteiger partial charge is 0.0554 e. The highest BCUT2D eigenvalue weighted by atomic mass is 16.3. The minimum atomic E-state index is -0.118. The second kappa shape index (κ2) is 5.69. The van der Waals surface area contributed by atoms with Gasteiger partial charge in [-0.1, -0.05) is 13.3 Å². The molecule has 0 bridgehead atoms. The van der Waals surface area contributed by atoms with Gasteiger partial charge in [-0.2, -0.15) is 0 Å². The Bertz CT molecular complexity index is 75.7. The first-order chi connectivity index (χ1) is 4.70.